The van der Waals surface area contributed by atoms with E-state index in [9.17, 15) is 23.1 Å². The minimum absolute atomic E-state index is 0.00182. The Morgan fingerprint density at radius 2 is 1.93 bits per heavy atom. The molecule has 2 aromatic rings. The van der Waals surface area contributed by atoms with Gasteiger partial charge in [0.15, 0.2) is 0 Å². The number of nitrogens with one attached hydrogen (secondary N) is 1. The molecule has 6 nitrogen and oxygen atoms in total. The highest BCUT2D eigenvalue weighted by atomic mass is 19.4. The van der Waals surface area contributed by atoms with Crippen LogP contribution in [0.5, 0.6) is 0 Å². The molecule has 0 aliphatic carbocycles. The normalized spacial score (nSPS) is 27.2. The molecule has 1 amide bonds. The van der Waals surface area contributed by atoms with Gasteiger partial charge in [0.25, 0.3) is 0 Å². The first-order valence-electron chi connectivity index (χ1n) is 9.59. The van der Waals surface area contributed by atoms with Crippen LogP contribution in [0.1, 0.15) is 37.1 Å². The molecule has 2 bridgehead atoms. The lowest BCUT2D eigenvalue weighted by molar-refractivity contribution is -0.137. The molecule has 0 spiro atoms. The maximum Gasteiger partial charge on any atom is 0.418 e. The third-order valence-electron chi connectivity index (χ3n) is 5.99. The fourth-order valence-corrected chi connectivity index (χ4v) is 4.77. The number of amides is 1. The van der Waals surface area contributed by atoms with Crippen LogP contribution in [0.3, 0.4) is 0 Å². The van der Waals surface area contributed by atoms with Crippen molar-refractivity contribution < 1.29 is 23.1 Å². The first kappa shape index (κ1) is 19.9. The average Bonchev–Trinajstić information content (AvgIpc) is 3.17. The maximum atomic E-state index is 13.1. The summed E-state index contributed by atoms with van der Waals surface area (Å²) in [5.74, 6) is 0.124. The highest BCUT2D eigenvalue weighted by Crippen LogP contribution is 2.45. The Balaban J connectivity index is 1.46. The number of anilines is 1. The highest BCUT2D eigenvalue weighted by Gasteiger charge is 2.50. The van der Waals surface area contributed by atoms with Gasteiger partial charge in [-0.15, -0.1) is 0 Å². The van der Waals surface area contributed by atoms with Gasteiger partial charge >= 0.3 is 6.18 Å². The maximum absolute atomic E-state index is 13.1. The fraction of sp³-hybridized carbons (Fsp3) is 0.500. The van der Waals surface area contributed by atoms with Gasteiger partial charge in [-0.2, -0.15) is 13.2 Å². The number of benzene rings is 1. The summed E-state index contributed by atoms with van der Waals surface area (Å²) in [4.78, 5) is 18.8. The zero-order valence-corrected chi connectivity index (χ0v) is 16.0. The molecule has 2 aliphatic rings. The van der Waals surface area contributed by atoms with E-state index >= 15 is 0 Å². The van der Waals surface area contributed by atoms with E-state index in [1.807, 2.05) is 11.9 Å². The zero-order valence-electron chi connectivity index (χ0n) is 16.0. The summed E-state index contributed by atoms with van der Waals surface area (Å²) >= 11 is 0. The third kappa shape index (κ3) is 3.76. The number of piperidine rings is 1. The number of fused-ring (bicyclic) bond motifs is 2. The van der Waals surface area contributed by atoms with Crippen molar-refractivity contribution in [1.82, 2.24) is 14.5 Å². The lowest BCUT2D eigenvalue weighted by atomic mass is 9.85. The number of aromatic nitrogens is 2. The molecule has 0 saturated carbocycles. The predicted octanol–water partition coefficient (Wildman–Crippen LogP) is 2.89. The molecule has 156 valence electrons. The number of alkyl halides is 3. The number of hydrogen-bond donors (Lipinski definition) is 2. The Hall–Kier alpha value is -2.39. The van der Waals surface area contributed by atoms with Crippen molar-refractivity contribution in [3.8, 4) is 0 Å². The van der Waals surface area contributed by atoms with Gasteiger partial charge in [-0.3, -0.25) is 9.69 Å². The van der Waals surface area contributed by atoms with Crippen molar-refractivity contribution >= 4 is 11.6 Å². The molecule has 2 saturated heterocycles. The quantitative estimate of drug-likeness (QED) is 0.816. The molecule has 1 aromatic carbocycles. The summed E-state index contributed by atoms with van der Waals surface area (Å²) < 4.78 is 41.2. The van der Waals surface area contributed by atoms with Crippen LogP contribution < -0.4 is 5.32 Å². The van der Waals surface area contributed by atoms with Gasteiger partial charge in [0.05, 0.1) is 17.8 Å². The Morgan fingerprint density at radius 3 is 2.52 bits per heavy atom. The molecule has 2 fully saturated rings. The molecular weight excluding hydrogens is 385 g/mol. The second kappa shape index (κ2) is 7.14. The summed E-state index contributed by atoms with van der Waals surface area (Å²) in [5, 5.41) is 13.6. The number of carbonyl (C=O) groups is 1. The largest absolute Gasteiger partial charge is 0.418 e. The van der Waals surface area contributed by atoms with Crippen LogP contribution in [0.15, 0.2) is 36.7 Å². The van der Waals surface area contributed by atoms with E-state index in [1.165, 1.54) is 18.2 Å². The number of aliphatic hydroxyl groups is 1. The zero-order chi connectivity index (χ0) is 20.8. The third-order valence-corrected chi connectivity index (χ3v) is 5.99. The monoisotopic (exact) mass is 408 g/mol. The lowest BCUT2D eigenvalue weighted by Crippen LogP contribution is -2.52. The Bertz CT molecular complexity index is 897. The van der Waals surface area contributed by atoms with Gasteiger partial charge in [0.2, 0.25) is 5.91 Å². The molecule has 29 heavy (non-hydrogen) atoms. The molecule has 4 rings (SSSR count). The fourth-order valence-electron chi connectivity index (χ4n) is 4.77. The number of carbonyl (C=O) groups excluding carboxylic acids is 1. The van der Waals surface area contributed by atoms with Crippen LogP contribution in [-0.4, -0.2) is 44.1 Å². The van der Waals surface area contributed by atoms with E-state index in [4.69, 9.17) is 0 Å². The van der Waals surface area contributed by atoms with Crippen molar-refractivity contribution in [2.24, 2.45) is 7.05 Å². The van der Waals surface area contributed by atoms with Crippen molar-refractivity contribution in [2.75, 3.05) is 11.9 Å². The van der Waals surface area contributed by atoms with Gasteiger partial charge in [-0.05, 0) is 37.8 Å². The van der Waals surface area contributed by atoms with Crippen LogP contribution in [0.2, 0.25) is 0 Å². The van der Waals surface area contributed by atoms with Crippen molar-refractivity contribution in [3.63, 3.8) is 0 Å². The van der Waals surface area contributed by atoms with Crippen LogP contribution in [0.4, 0.5) is 18.9 Å². The van der Waals surface area contributed by atoms with E-state index < -0.39 is 23.2 Å². The number of rotatable bonds is 4. The summed E-state index contributed by atoms with van der Waals surface area (Å²) in [6.07, 6.45) is 1.46. The first-order chi connectivity index (χ1) is 13.7. The standard InChI is InChI=1S/C20H23F3N4O2/c1-26-9-8-24-18(26)19(29)10-13-6-7-14(11-19)27(13)12-17(28)25-16-5-3-2-4-15(16)20(21,22)23/h2-5,8-9,13-14,29H,6-7,10-12H2,1H3,(H,25,28)/t13-,14-/m1/s1. The van der Waals surface area contributed by atoms with Gasteiger partial charge < -0.3 is 15.0 Å². The summed E-state index contributed by atoms with van der Waals surface area (Å²) in [6, 6.07) is 4.93. The molecule has 2 atom stereocenters. The molecule has 0 radical (unpaired) electrons. The van der Waals surface area contributed by atoms with Gasteiger partial charge in [0.1, 0.15) is 11.4 Å². The topological polar surface area (TPSA) is 70.4 Å². The molecule has 3 heterocycles. The van der Waals surface area contributed by atoms with E-state index in [2.05, 4.69) is 10.3 Å². The van der Waals surface area contributed by atoms with E-state index in [0.717, 1.165) is 18.9 Å². The summed E-state index contributed by atoms with van der Waals surface area (Å²) in [5.41, 5.74) is -2.15. The van der Waals surface area contributed by atoms with Crippen molar-refractivity contribution in [3.05, 3.63) is 48.0 Å². The number of hydrogen-bond acceptors (Lipinski definition) is 4. The second-order valence-electron chi connectivity index (χ2n) is 7.95. The van der Waals surface area contributed by atoms with Crippen LogP contribution >= 0.6 is 0 Å². The molecule has 2 N–H and O–H groups in total. The Morgan fingerprint density at radius 1 is 1.28 bits per heavy atom. The van der Waals surface area contributed by atoms with Crippen LogP contribution in [0.25, 0.3) is 0 Å². The SMILES string of the molecule is Cn1ccnc1C1(O)C[C@H]2CC[C@H](C1)N2CC(=O)Nc1ccccc1C(F)(F)F. The van der Waals surface area contributed by atoms with Gasteiger partial charge in [-0.25, -0.2) is 4.98 Å². The van der Waals surface area contributed by atoms with Gasteiger partial charge in [0, 0.05) is 31.5 Å². The van der Waals surface area contributed by atoms with E-state index in [-0.39, 0.29) is 24.3 Å². The lowest BCUT2D eigenvalue weighted by Gasteiger charge is -2.43. The molecule has 1 aromatic heterocycles. The van der Waals surface area contributed by atoms with Crippen LogP contribution in [-0.2, 0) is 23.6 Å². The van der Waals surface area contributed by atoms with Crippen molar-refractivity contribution in [2.45, 2.75) is 49.5 Å². The summed E-state index contributed by atoms with van der Waals surface area (Å²) in [6.45, 7) is -0.00182. The van der Waals surface area contributed by atoms with E-state index in [1.54, 1.807) is 17.0 Å². The molecule has 0 unspecified atom stereocenters. The average molecular weight is 408 g/mol. The highest BCUT2D eigenvalue weighted by molar-refractivity contribution is 5.93. The smallest absolute Gasteiger partial charge is 0.382 e. The predicted molar refractivity (Wildman–Crippen MR) is 99.9 cm³/mol. The Kier molecular flexibility index (Phi) is 4.90. The van der Waals surface area contributed by atoms with Crippen LogP contribution in [0, 0.1) is 0 Å². The first-order valence-corrected chi connectivity index (χ1v) is 9.59. The van der Waals surface area contributed by atoms with Gasteiger partial charge in [-0.1, -0.05) is 12.1 Å². The number of imidazole rings is 1. The second-order valence-corrected chi connectivity index (χ2v) is 7.95. The number of para-hydroxylation sites is 1. The summed E-state index contributed by atoms with van der Waals surface area (Å²) in [7, 11) is 1.83. The number of aryl methyl sites for hydroxylation is 1. The van der Waals surface area contributed by atoms with E-state index in [0.29, 0.717) is 18.7 Å². The minimum Gasteiger partial charge on any atom is -0.382 e. The molecule has 9 heteroatoms. The minimum atomic E-state index is -4.54. The number of halogens is 3. The molecular formula is C20H23F3N4O2. The molecule has 2 aliphatic heterocycles. The van der Waals surface area contributed by atoms with Crippen molar-refractivity contribution in [1.29, 1.82) is 0 Å². The Labute approximate surface area is 166 Å². The number of nitrogens with zero attached hydrogens (tertiary/aromatic N) is 3.